The number of allylic oxidation sites excluding steroid dienone is 3. The normalized spacial score (nSPS) is 46.0. The summed E-state index contributed by atoms with van der Waals surface area (Å²) in [5, 5.41) is 10.2. The fourth-order valence-corrected chi connectivity index (χ4v) is 8.02. The largest absolute Gasteiger partial charge is 0.393 e. The van der Waals surface area contributed by atoms with Crippen molar-refractivity contribution in [2.45, 2.75) is 98.5 Å². The minimum atomic E-state index is -0.101. The summed E-state index contributed by atoms with van der Waals surface area (Å²) in [6.07, 6.45) is 19.2. The first-order valence-corrected chi connectivity index (χ1v) is 12.3. The van der Waals surface area contributed by atoms with E-state index in [9.17, 15) is 5.11 Å². The van der Waals surface area contributed by atoms with Crippen molar-refractivity contribution in [1.82, 2.24) is 0 Å². The maximum absolute atomic E-state index is 10.2. The molecule has 0 heterocycles. The molecule has 0 aromatic carbocycles. The minimum Gasteiger partial charge on any atom is -0.393 e. The van der Waals surface area contributed by atoms with Gasteiger partial charge in [0.25, 0.3) is 0 Å². The summed E-state index contributed by atoms with van der Waals surface area (Å²) >= 11 is 0. The highest BCUT2D eigenvalue weighted by molar-refractivity contribution is 5.30. The third-order valence-corrected chi connectivity index (χ3v) is 9.71. The molecule has 2 fully saturated rings. The second-order valence-corrected chi connectivity index (χ2v) is 11.8. The van der Waals surface area contributed by atoms with Gasteiger partial charge in [-0.1, -0.05) is 77.7 Å². The van der Waals surface area contributed by atoms with Crippen molar-refractivity contribution < 1.29 is 5.11 Å². The molecule has 0 aliphatic heterocycles. The summed E-state index contributed by atoms with van der Waals surface area (Å²) < 4.78 is 0. The number of aliphatic hydroxyl groups excluding tert-OH is 1. The maximum Gasteiger partial charge on any atom is 0.0577 e. The van der Waals surface area contributed by atoms with Crippen LogP contribution in [0.15, 0.2) is 23.8 Å². The summed E-state index contributed by atoms with van der Waals surface area (Å²) in [7, 11) is 0. The molecule has 158 valence electrons. The standard InChI is InChI=1S/C27H44O/c1-18(2)7-6-8-19(3)23-11-12-24-22-10-9-20-17-21(28)13-15-26(20,4)25(22)14-16-27(23,24)5/h9,14,16,18-19,21-25,28H,6-8,10-13,15,17H2,1-5H3/t19-,21+,22-,23+,24+,25+,26+,27-/m1/s1. The highest BCUT2D eigenvalue weighted by atomic mass is 16.3. The van der Waals surface area contributed by atoms with Gasteiger partial charge in [-0.2, -0.15) is 0 Å². The van der Waals surface area contributed by atoms with Gasteiger partial charge in [0.2, 0.25) is 0 Å². The fraction of sp³-hybridized carbons (Fsp3) is 0.852. The summed E-state index contributed by atoms with van der Waals surface area (Å²) in [4.78, 5) is 0. The van der Waals surface area contributed by atoms with E-state index < -0.39 is 0 Å². The summed E-state index contributed by atoms with van der Waals surface area (Å²) in [5.41, 5.74) is 2.28. The Morgan fingerprint density at radius 2 is 1.89 bits per heavy atom. The lowest BCUT2D eigenvalue weighted by Gasteiger charge is -2.55. The minimum absolute atomic E-state index is 0.101. The van der Waals surface area contributed by atoms with Crippen LogP contribution in [0.4, 0.5) is 0 Å². The molecule has 0 bridgehead atoms. The van der Waals surface area contributed by atoms with E-state index in [1.165, 1.54) is 44.9 Å². The Bertz CT molecular complexity index is 630. The zero-order chi connectivity index (χ0) is 20.1. The first kappa shape index (κ1) is 20.7. The van der Waals surface area contributed by atoms with Gasteiger partial charge in [0.1, 0.15) is 0 Å². The molecule has 0 amide bonds. The third-order valence-electron chi connectivity index (χ3n) is 9.71. The van der Waals surface area contributed by atoms with Crippen molar-refractivity contribution in [2.24, 2.45) is 46.3 Å². The highest BCUT2D eigenvalue weighted by Crippen LogP contribution is 2.64. The highest BCUT2D eigenvalue weighted by Gasteiger charge is 2.57. The Kier molecular flexibility index (Phi) is 5.62. The Hall–Kier alpha value is -0.560. The van der Waals surface area contributed by atoms with Gasteiger partial charge in [-0.15, -0.1) is 0 Å². The van der Waals surface area contributed by atoms with Gasteiger partial charge < -0.3 is 5.11 Å². The molecule has 1 N–H and O–H groups in total. The molecule has 2 saturated carbocycles. The molecule has 28 heavy (non-hydrogen) atoms. The van der Waals surface area contributed by atoms with Gasteiger partial charge in [0.05, 0.1) is 6.10 Å². The molecule has 0 aromatic rings. The van der Waals surface area contributed by atoms with Crippen LogP contribution in [0.2, 0.25) is 0 Å². The van der Waals surface area contributed by atoms with Gasteiger partial charge in [0, 0.05) is 0 Å². The topological polar surface area (TPSA) is 20.2 Å². The van der Waals surface area contributed by atoms with Gasteiger partial charge in [-0.25, -0.2) is 0 Å². The lowest BCUT2D eigenvalue weighted by atomic mass is 9.49. The SMILES string of the molecule is CC(C)CCC[C@@H](C)[C@@H]1CC[C@H]2[C@H]3CC=C4C[C@@H](O)CC[C@]4(C)[C@H]3C=C[C@@]21C. The van der Waals surface area contributed by atoms with E-state index in [2.05, 4.69) is 52.8 Å². The Morgan fingerprint density at radius 3 is 2.64 bits per heavy atom. The van der Waals surface area contributed by atoms with Crippen LogP contribution < -0.4 is 0 Å². The molecule has 4 rings (SSSR count). The smallest absolute Gasteiger partial charge is 0.0577 e. The predicted octanol–water partition coefficient (Wildman–Crippen LogP) is 7.16. The lowest BCUT2D eigenvalue weighted by Crippen LogP contribution is -2.48. The van der Waals surface area contributed by atoms with Crippen LogP contribution in [0.1, 0.15) is 92.4 Å². The first-order valence-electron chi connectivity index (χ1n) is 12.3. The monoisotopic (exact) mass is 384 g/mol. The molecular weight excluding hydrogens is 340 g/mol. The molecule has 4 aliphatic rings. The Morgan fingerprint density at radius 1 is 1.11 bits per heavy atom. The molecule has 0 radical (unpaired) electrons. The Labute approximate surface area is 174 Å². The zero-order valence-electron chi connectivity index (χ0n) is 19.1. The summed E-state index contributed by atoms with van der Waals surface area (Å²) in [6.45, 7) is 12.4. The van der Waals surface area contributed by atoms with Crippen LogP contribution in [0, 0.1) is 46.3 Å². The van der Waals surface area contributed by atoms with Crippen molar-refractivity contribution >= 4 is 0 Å². The van der Waals surface area contributed by atoms with Crippen LogP contribution >= 0.6 is 0 Å². The van der Waals surface area contributed by atoms with Crippen molar-refractivity contribution in [2.75, 3.05) is 0 Å². The van der Waals surface area contributed by atoms with Crippen LogP contribution in [-0.2, 0) is 0 Å². The zero-order valence-corrected chi connectivity index (χ0v) is 19.1. The third kappa shape index (κ3) is 3.34. The number of aliphatic hydroxyl groups is 1. The second kappa shape index (κ2) is 7.60. The van der Waals surface area contributed by atoms with Crippen molar-refractivity contribution in [1.29, 1.82) is 0 Å². The van der Waals surface area contributed by atoms with E-state index in [0.717, 1.165) is 42.4 Å². The van der Waals surface area contributed by atoms with E-state index in [-0.39, 0.29) is 6.10 Å². The summed E-state index contributed by atoms with van der Waals surface area (Å²) in [5.74, 6) is 4.95. The number of fused-ring (bicyclic) bond motifs is 5. The average Bonchev–Trinajstić information content (AvgIpc) is 2.99. The fourth-order valence-electron chi connectivity index (χ4n) is 8.02. The first-order chi connectivity index (χ1) is 13.3. The molecule has 0 saturated heterocycles. The van der Waals surface area contributed by atoms with E-state index >= 15 is 0 Å². The van der Waals surface area contributed by atoms with Crippen molar-refractivity contribution in [3.63, 3.8) is 0 Å². The van der Waals surface area contributed by atoms with E-state index in [0.29, 0.717) is 16.7 Å². The lowest BCUT2D eigenvalue weighted by molar-refractivity contribution is 0.0182. The quantitative estimate of drug-likeness (QED) is 0.498. The molecular formula is C27H44O. The van der Waals surface area contributed by atoms with E-state index in [1.807, 2.05) is 0 Å². The van der Waals surface area contributed by atoms with Gasteiger partial charge >= 0.3 is 0 Å². The molecule has 8 atom stereocenters. The van der Waals surface area contributed by atoms with Crippen LogP contribution in [0.25, 0.3) is 0 Å². The van der Waals surface area contributed by atoms with Crippen molar-refractivity contribution in [3.05, 3.63) is 23.8 Å². The molecule has 1 nitrogen and oxygen atoms in total. The van der Waals surface area contributed by atoms with Gasteiger partial charge in [0.15, 0.2) is 0 Å². The van der Waals surface area contributed by atoms with Crippen LogP contribution in [0.5, 0.6) is 0 Å². The molecule has 0 spiro atoms. The van der Waals surface area contributed by atoms with E-state index in [1.54, 1.807) is 5.57 Å². The summed E-state index contributed by atoms with van der Waals surface area (Å²) in [6, 6.07) is 0. The van der Waals surface area contributed by atoms with Gasteiger partial charge in [-0.3, -0.25) is 0 Å². The van der Waals surface area contributed by atoms with Crippen molar-refractivity contribution in [3.8, 4) is 0 Å². The average molecular weight is 385 g/mol. The number of rotatable bonds is 5. The van der Waals surface area contributed by atoms with Crippen LogP contribution in [-0.4, -0.2) is 11.2 Å². The molecule has 0 unspecified atom stereocenters. The number of hydrogen-bond acceptors (Lipinski definition) is 1. The molecule has 1 heteroatoms. The Balaban J connectivity index is 1.53. The predicted molar refractivity (Wildman–Crippen MR) is 119 cm³/mol. The van der Waals surface area contributed by atoms with Gasteiger partial charge in [-0.05, 0) is 84.9 Å². The molecule has 0 aromatic heterocycles. The second-order valence-electron chi connectivity index (χ2n) is 11.8. The molecule has 4 aliphatic carbocycles. The maximum atomic E-state index is 10.2. The van der Waals surface area contributed by atoms with Crippen LogP contribution in [0.3, 0.4) is 0 Å². The van der Waals surface area contributed by atoms with E-state index in [4.69, 9.17) is 0 Å². The number of hydrogen-bond donors (Lipinski definition) is 1.